The Bertz CT molecular complexity index is 292. The normalized spacial score (nSPS) is 8.50. The summed E-state index contributed by atoms with van der Waals surface area (Å²) in [5.74, 6) is 3.42. The second-order valence-corrected chi connectivity index (χ2v) is 2.56. The van der Waals surface area contributed by atoms with Crippen LogP contribution in [-0.2, 0) is 0 Å². The Labute approximate surface area is 77.3 Å². The van der Waals surface area contributed by atoms with Gasteiger partial charge in [0, 0.05) is 5.38 Å². The maximum absolute atomic E-state index is 5.24. The average Bonchev–Trinajstić information content (AvgIpc) is 2.09. The molecule has 0 aliphatic heterocycles. The maximum Gasteiger partial charge on any atom is 0.150 e. The third kappa shape index (κ3) is 2.86. The molecule has 0 fully saturated rings. The molecule has 0 atom stereocenters. The van der Waals surface area contributed by atoms with Crippen LogP contribution in [0.4, 0.5) is 0 Å². The van der Waals surface area contributed by atoms with Crippen LogP contribution in [0.5, 0.6) is 5.75 Å². The minimum atomic E-state index is 0.340. The van der Waals surface area contributed by atoms with Gasteiger partial charge in [0.2, 0.25) is 0 Å². The number of benzene rings is 1. The molecule has 0 spiro atoms. The monoisotopic (exact) mass is 180 g/mol. The van der Waals surface area contributed by atoms with E-state index in [0.29, 0.717) is 6.61 Å². The number of ether oxygens (including phenoxy) is 1. The van der Waals surface area contributed by atoms with Crippen molar-refractivity contribution in [2.45, 2.75) is 6.92 Å². The first-order valence-electron chi connectivity index (χ1n) is 3.61. The summed E-state index contributed by atoms with van der Waals surface area (Å²) in [7, 11) is 0. The summed E-state index contributed by atoms with van der Waals surface area (Å²) >= 11 is 5.15. The highest BCUT2D eigenvalue weighted by Gasteiger charge is 1.89. The molecule has 2 heteroatoms. The van der Waals surface area contributed by atoms with Gasteiger partial charge in [0.05, 0.1) is 0 Å². The topological polar surface area (TPSA) is 9.23 Å². The third-order valence-corrected chi connectivity index (χ3v) is 1.53. The van der Waals surface area contributed by atoms with Crippen LogP contribution in [0.25, 0.3) is 0 Å². The lowest BCUT2D eigenvalue weighted by Gasteiger charge is -2.00. The lowest BCUT2D eigenvalue weighted by molar-refractivity contribution is 0.370. The zero-order chi connectivity index (χ0) is 8.81. The highest BCUT2D eigenvalue weighted by Crippen LogP contribution is 2.10. The lowest BCUT2D eigenvalue weighted by Crippen LogP contribution is -1.92. The zero-order valence-corrected chi connectivity index (χ0v) is 7.56. The number of rotatable bonds is 2. The van der Waals surface area contributed by atoms with E-state index < -0.39 is 0 Å². The van der Waals surface area contributed by atoms with Crippen molar-refractivity contribution in [2.24, 2.45) is 0 Å². The largest absolute Gasteiger partial charge is 0.481 e. The fourth-order valence-electron chi connectivity index (χ4n) is 0.781. The van der Waals surface area contributed by atoms with Crippen molar-refractivity contribution < 1.29 is 4.74 Å². The number of hydrogen-bond acceptors (Lipinski definition) is 1. The van der Waals surface area contributed by atoms with Crippen molar-refractivity contribution in [3.05, 3.63) is 29.8 Å². The molecule has 1 rings (SSSR count). The molecular weight excluding hydrogens is 172 g/mol. The maximum atomic E-state index is 5.24. The van der Waals surface area contributed by atoms with Gasteiger partial charge in [-0.05, 0) is 36.6 Å². The van der Waals surface area contributed by atoms with E-state index in [9.17, 15) is 0 Å². The van der Waals surface area contributed by atoms with E-state index in [0.717, 1.165) is 5.75 Å². The van der Waals surface area contributed by atoms with Gasteiger partial charge in [0.1, 0.15) is 12.4 Å². The van der Waals surface area contributed by atoms with Crippen molar-refractivity contribution in [3.63, 3.8) is 0 Å². The van der Waals surface area contributed by atoms with E-state index >= 15 is 0 Å². The Morgan fingerprint density at radius 1 is 1.33 bits per heavy atom. The van der Waals surface area contributed by atoms with Crippen molar-refractivity contribution in [2.75, 3.05) is 6.61 Å². The molecule has 0 aromatic heterocycles. The summed E-state index contributed by atoms with van der Waals surface area (Å²) in [5, 5.41) is 2.25. The van der Waals surface area contributed by atoms with Gasteiger partial charge in [-0.1, -0.05) is 17.7 Å². The molecule has 0 amide bonds. The van der Waals surface area contributed by atoms with E-state index in [1.165, 1.54) is 5.56 Å². The summed E-state index contributed by atoms with van der Waals surface area (Å²) in [6.45, 7) is 2.37. The molecule has 0 aliphatic carbocycles. The van der Waals surface area contributed by atoms with Gasteiger partial charge >= 0.3 is 0 Å². The molecular formula is C10H9ClO. The van der Waals surface area contributed by atoms with Crippen LogP contribution in [-0.4, -0.2) is 6.61 Å². The highest BCUT2D eigenvalue weighted by atomic mass is 35.5. The van der Waals surface area contributed by atoms with Gasteiger partial charge < -0.3 is 4.74 Å². The van der Waals surface area contributed by atoms with E-state index in [1.54, 1.807) is 0 Å². The van der Waals surface area contributed by atoms with Gasteiger partial charge in [-0.15, -0.1) is 0 Å². The van der Waals surface area contributed by atoms with Crippen LogP contribution in [0.15, 0.2) is 24.3 Å². The molecule has 0 heterocycles. The minimum absolute atomic E-state index is 0.340. The molecule has 0 radical (unpaired) electrons. The summed E-state index contributed by atoms with van der Waals surface area (Å²) in [5.41, 5.74) is 1.21. The molecule has 1 nitrogen and oxygen atoms in total. The first-order chi connectivity index (χ1) is 5.83. The van der Waals surface area contributed by atoms with E-state index in [4.69, 9.17) is 16.3 Å². The van der Waals surface area contributed by atoms with Gasteiger partial charge in [0.15, 0.2) is 0 Å². The molecule has 0 saturated carbocycles. The molecule has 1 aromatic carbocycles. The van der Waals surface area contributed by atoms with Gasteiger partial charge in [0.25, 0.3) is 0 Å². The second kappa shape index (κ2) is 4.69. The van der Waals surface area contributed by atoms with Gasteiger partial charge in [-0.25, -0.2) is 0 Å². The SMILES string of the molecule is Cc1ccc(OCC#CCl)cc1. The Hall–Kier alpha value is -1.13. The fourth-order valence-corrected chi connectivity index (χ4v) is 0.836. The molecule has 62 valence electrons. The van der Waals surface area contributed by atoms with Crippen LogP contribution in [0.2, 0.25) is 0 Å². The molecule has 12 heavy (non-hydrogen) atoms. The average molecular weight is 181 g/mol. The number of hydrogen-bond donors (Lipinski definition) is 0. The van der Waals surface area contributed by atoms with E-state index in [2.05, 4.69) is 11.3 Å². The predicted octanol–water partition coefficient (Wildman–Crippen LogP) is 2.57. The Balaban J connectivity index is 2.51. The predicted molar refractivity (Wildman–Crippen MR) is 50.3 cm³/mol. The molecule has 0 N–H and O–H groups in total. The van der Waals surface area contributed by atoms with Crippen LogP contribution >= 0.6 is 11.6 Å². The van der Waals surface area contributed by atoms with Crippen molar-refractivity contribution in [1.82, 2.24) is 0 Å². The summed E-state index contributed by atoms with van der Waals surface area (Å²) in [6.07, 6.45) is 0. The minimum Gasteiger partial charge on any atom is -0.481 e. The van der Waals surface area contributed by atoms with Crippen LogP contribution < -0.4 is 4.74 Å². The summed E-state index contributed by atoms with van der Waals surface area (Å²) in [6, 6.07) is 7.80. The van der Waals surface area contributed by atoms with E-state index in [-0.39, 0.29) is 0 Å². The standard InChI is InChI=1S/C10H9ClO/c1-9-3-5-10(6-4-9)12-8-2-7-11/h3-6H,8H2,1H3. The Morgan fingerprint density at radius 2 is 2.00 bits per heavy atom. The number of halogens is 1. The molecule has 0 bridgehead atoms. The smallest absolute Gasteiger partial charge is 0.150 e. The van der Waals surface area contributed by atoms with Crippen LogP contribution in [0.1, 0.15) is 5.56 Å². The molecule has 1 aromatic rings. The lowest BCUT2D eigenvalue weighted by atomic mass is 10.2. The van der Waals surface area contributed by atoms with Crippen molar-refractivity contribution in [3.8, 4) is 17.0 Å². The first-order valence-corrected chi connectivity index (χ1v) is 3.98. The van der Waals surface area contributed by atoms with Gasteiger partial charge in [-0.2, -0.15) is 0 Å². The molecule has 0 aliphatic rings. The fraction of sp³-hybridized carbons (Fsp3) is 0.200. The number of aryl methyl sites for hydroxylation is 1. The molecule has 0 saturated heterocycles. The highest BCUT2D eigenvalue weighted by molar-refractivity contribution is 6.30. The quantitative estimate of drug-likeness (QED) is 0.636. The Morgan fingerprint density at radius 3 is 2.58 bits per heavy atom. The molecule has 0 unspecified atom stereocenters. The summed E-state index contributed by atoms with van der Waals surface area (Å²) < 4.78 is 5.24. The third-order valence-electron chi connectivity index (χ3n) is 1.40. The first kappa shape index (κ1) is 8.96. The van der Waals surface area contributed by atoms with Crippen molar-refractivity contribution >= 4 is 11.6 Å². The second-order valence-electron chi connectivity index (χ2n) is 2.37. The van der Waals surface area contributed by atoms with Crippen LogP contribution in [0, 0.1) is 18.2 Å². The zero-order valence-electron chi connectivity index (χ0n) is 6.80. The van der Waals surface area contributed by atoms with Gasteiger partial charge in [-0.3, -0.25) is 0 Å². The Kier molecular flexibility index (Phi) is 3.50. The van der Waals surface area contributed by atoms with E-state index in [1.807, 2.05) is 31.2 Å². The van der Waals surface area contributed by atoms with Crippen molar-refractivity contribution in [1.29, 1.82) is 0 Å². The van der Waals surface area contributed by atoms with Crippen LogP contribution in [0.3, 0.4) is 0 Å². The summed E-state index contributed by atoms with van der Waals surface area (Å²) in [4.78, 5) is 0.